The Kier molecular flexibility index (Phi) is 3.02. The van der Waals surface area contributed by atoms with Gasteiger partial charge in [0.05, 0.1) is 5.69 Å². The van der Waals surface area contributed by atoms with E-state index in [4.69, 9.17) is 5.11 Å². The van der Waals surface area contributed by atoms with E-state index in [-0.39, 0.29) is 5.01 Å². The number of carbonyl (C=O) groups is 1. The van der Waals surface area contributed by atoms with Crippen LogP contribution in [0.15, 0.2) is 5.38 Å². The summed E-state index contributed by atoms with van der Waals surface area (Å²) in [7, 11) is 2.11. The van der Waals surface area contributed by atoms with Crippen molar-refractivity contribution in [2.45, 2.75) is 18.8 Å². The molecule has 5 heteroatoms. The van der Waals surface area contributed by atoms with Crippen molar-refractivity contribution >= 4 is 17.3 Å². The molecule has 1 aliphatic heterocycles. The number of thiazole rings is 1. The van der Waals surface area contributed by atoms with Crippen molar-refractivity contribution in [1.29, 1.82) is 0 Å². The first-order valence-electron chi connectivity index (χ1n) is 5.04. The van der Waals surface area contributed by atoms with Gasteiger partial charge in [-0.25, -0.2) is 9.78 Å². The molecule has 82 valence electrons. The second kappa shape index (κ2) is 4.28. The molecule has 0 spiro atoms. The van der Waals surface area contributed by atoms with Gasteiger partial charge in [0.25, 0.3) is 0 Å². The van der Waals surface area contributed by atoms with Crippen LogP contribution in [-0.4, -0.2) is 41.1 Å². The van der Waals surface area contributed by atoms with E-state index in [1.54, 1.807) is 0 Å². The SMILES string of the molecule is CN1CCC(c2csc(C(=O)O)n2)CC1. The van der Waals surface area contributed by atoms with Gasteiger partial charge < -0.3 is 10.0 Å². The molecule has 1 N–H and O–H groups in total. The second-order valence-electron chi connectivity index (χ2n) is 3.96. The second-order valence-corrected chi connectivity index (χ2v) is 4.82. The summed E-state index contributed by atoms with van der Waals surface area (Å²) in [6.07, 6.45) is 2.17. The highest BCUT2D eigenvalue weighted by molar-refractivity contribution is 7.11. The number of piperidine rings is 1. The number of aromatic carboxylic acids is 1. The minimum absolute atomic E-state index is 0.212. The lowest BCUT2D eigenvalue weighted by Crippen LogP contribution is -2.29. The van der Waals surface area contributed by atoms with Crippen LogP contribution in [-0.2, 0) is 0 Å². The number of aromatic nitrogens is 1. The number of rotatable bonds is 2. The minimum atomic E-state index is -0.917. The van der Waals surface area contributed by atoms with E-state index in [0.29, 0.717) is 5.92 Å². The molecule has 1 aromatic rings. The Morgan fingerprint density at radius 3 is 2.80 bits per heavy atom. The van der Waals surface area contributed by atoms with Crippen molar-refractivity contribution in [2.75, 3.05) is 20.1 Å². The molecule has 15 heavy (non-hydrogen) atoms. The lowest BCUT2D eigenvalue weighted by atomic mass is 9.95. The average molecular weight is 226 g/mol. The lowest BCUT2D eigenvalue weighted by molar-refractivity contribution is 0.0696. The number of hydrogen-bond acceptors (Lipinski definition) is 4. The van der Waals surface area contributed by atoms with Crippen molar-refractivity contribution in [1.82, 2.24) is 9.88 Å². The number of hydrogen-bond donors (Lipinski definition) is 1. The smallest absolute Gasteiger partial charge is 0.365 e. The van der Waals surface area contributed by atoms with Gasteiger partial charge in [0, 0.05) is 11.3 Å². The molecule has 1 saturated heterocycles. The van der Waals surface area contributed by atoms with Crippen molar-refractivity contribution < 1.29 is 9.90 Å². The molecule has 0 unspecified atom stereocenters. The Balaban J connectivity index is 2.06. The first-order valence-corrected chi connectivity index (χ1v) is 5.92. The monoisotopic (exact) mass is 226 g/mol. The van der Waals surface area contributed by atoms with Crippen LogP contribution < -0.4 is 0 Å². The summed E-state index contributed by atoms with van der Waals surface area (Å²) in [5.41, 5.74) is 0.963. The van der Waals surface area contributed by atoms with E-state index in [0.717, 1.165) is 31.6 Å². The van der Waals surface area contributed by atoms with E-state index < -0.39 is 5.97 Å². The van der Waals surface area contributed by atoms with Crippen LogP contribution in [0.25, 0.3) is 0 Å². The zero-order valence-electron chi connectivity index (χ0n) is 8.64. The van der Waals surface area contributed by atoms with E-state index in [9.17, 15) is 4.79 Å². The zero-order valence-corrected chi connectivity index (χ0v) is 9.46. The number of nitrogens with zero attached hydrogens (tertiary/aromatic N) is 2. The van der Waals surface area contributed by atoms with Gasteiger partial charge in [0.1, 0.15) is 0 Å². The first kappa shape index (κ1) is 10.6. The Bertz CT molecular complexity index is 356. The van der Waals surface area contributed by atoms with Crippen LogP contribution in [0.4, 0.5) is 0 Å². The Labute approximate surface area is 92.6 Å². The number of carboxylic acid groups (broad SMARTS) is 1. The van der Waals surface area contributed by atoms with Gasteiger partial charge in [0.15, 0.2) is 0 Å². The van der Waals surface area contributed by atoms with Gasteiger partial charge in [-0.05, 0) is 33.0 Å². The topological polar surface area (TPSA) is 53.4 Å². The minimum Gasteiger partial charge on any atom is -0.476 e. The highest BCUT2D eigenvalue weighted by atomic mass is 32.1. The van der Waals surface area contributed by atoms with Gasteiger partial charge in [0.2, 0.25) is 5.01 Å². The molecule has 1 aromatic heterocycles. The molecule has 0 radical (unpaired) electrons. The van der Waals surface area contributed by atoms with Crippen molar-refractivity contribution in [3.05, 3.63) is 16.1 Å². The molecule has 0 amide bonds. The summed E-state index contributed by atoms with van der Waals surface area (Å²) in [6.45, 7) is 2.15. The van der Waals surface area contributed by atoms with Gasteiger partial charge in [-0.2, -0.15) is 0 Å². The predicted octanol–water partition coefficient (Wildman–Crippen LogP) is 1.65. The third-order valence-corrected chi connectivity index (χ3v) is 3.69. The predicted molar refractivity (Wildman–Crippen MR) is 58.5 cm³/mol. The van der Waals surface area contributed by atoms with Crippen molar-refractivity contribution in [3.8, 4) is 0 Å². The number of carboxylic acids is 1. The Hall–Kier alpha value is -0.940. The fraction of sp³-hybridized carbons (Fsp3) is 0.600. The molecule has 1 aliphatic rings. The molecule has 0 aromatic carbocycles. The normalized spacial score (nSPS) is 19.3. The highest BCUT2D eigenvalue weighted by Gasteiger charge is 2.21. The Morgan fingerprint density at radius 1 is 1.60 bits per heavy atom. The van der Waals surface area contributed by atoms with Crippen molar-refractivity contribution in [2.24, 2.45) is 0 Å². The van der Waals surface area contributed by atoms with Crippen molar-refractivity contribution in [3.63, 3.8) is 0 Å². The fourth-order valence-electron chi connectivity index (χ4n) is 1.88. The molecule has 2 heterocycles. The van der Waals surface area contributed by atoms with Gasteiger partial charge >= 0.3 is 5.97 Å². The summed E-state index contributed by atoms with van der Waals surface area (Å²) in [5.74, 6) is -0.468. The van der Waals surface area contributed by atoms with Crippen LogP contribution in [0.2, 0.25) is 0 Å². The van der Waals surface area contributed by atoms with E-state index in [1.165, 1.54) is 11.3 Å². The molecule has 1 fully saturated rings. The quantitative estimate of drug-likeness (QED) is 0.833. The first-order chi connectivity index (χ1) is 7.16. The van der Waals surface area contributed by atoms with Crippen LogP contribution in [0.5, 0.6) is 0 Å². The highest BCUT2D eigenvalue weighted by Crippen LogP contribution is 2.28. The Morgan fingerprint density at radius 2 is 2.27 bits per heavy atom. The lowest BCUT2D eigenvalue weighted by Gasteiger charge is -2.27. The van der Waals surface area contributed by atoms with Crippen LogP contribution in [0.1, 0.15) is 34.3 Å². The maximum absolute atomic E-state index is 10.7. The maximum atomic E-state index is 10.7. The zero-order chi connectivity index (χ0) is 10.8. The van der Waals surface area contributed by atoms with Crippen LogP contribution in [0.3, 0.4) is 0 Å². The standard InChI is InChI=1S/C10H14N2O2S/c1-12-4-2-7(3-5-12)8-6-15-9(11-8)10(13)14/h6-7H,2-5H2,1H3,(H,13,14). The summed E-state index contributed by atoms with van der Waals surface area (Å²) in [4.78, 5) is 17.1. The van der Waals surface area contributed by atoms with E-state index in [1.807, 2.05) is 5.38 Å². The van der Waals surface area contributed by atoms with Crippen LogP contribution >= 0.6 is 11.3 Å². The third kappa shape index (κ3) is 2.35. The fourth-order valence-corrected chi connectivity index (χ4v) is 2.61. The molecular weight excluding hydrogens is 212 g/mol. The summed E-state index contributed by atoms with van der Waals surface area (Å²) < 4.78 is 0. The van der Waals surface area contributed by atoms with Gasteiger partial charge in [-0.1, -0.05) is 0 Å². The van der Waals surface area contributed by atoms with Gasteiger partial charge in [-0.3, -0.25) is 0 Å². The summed E-state index contributed by atoms with van der Waals surface area (Å²) in [5, 5.41) is 10.9. The molecular formula is C10H14N2O2S. The molecule has 2 rings (SSSR count). The summed E-state index contributed by atoms with van der Waals surface area (Å²) >= 11 is 1.23. The molecule has 0 aliphatic carbocycles. The van der Waals surface area contributed by atoms with Gasteiger partial charge in [-0.15, -0.1) is 11.3 Å². The maximum Gasteiger partial charge on any atom is 0.365 e. The third-order valence-electron chi connectivity index (χ3n) is 2.84. The van der Waals surface area contributed by atoms with Crippen LogP contribution in [0, 0.1) is 0 Å². The van der Waals surface area contributed by atoms with E-state index >= 15 is 0 Å². The average Bonchev–Trinajstić information content (AvgIpc) is 2.68. The van der Waals surface area contributed by atoms with E-state index in [2.05, 4.69) is 16.9 Å². The number of likely N-dealkylation sites (tertiary alicyclic amines) is 1. The largest absolute Gasteiger partial charge is 0.476 e. The molecule has 0 bridgehead atoms. The molecule has 0 atom stereocenters. The molecule has 0 saturated carbocycles. The summed E-state index contributed by atoms with van der Waals surface area (Å²) in [6, 6.07) is 0. The molecule has 4 nitrogen and oxygen atoms in total.